The molecule has 2 N–H and O–H groups in total. The Morgan fingerprint density at radius 3 is 2.96 bits per heavy atom. The summed E-state index contributed by atoms with van der Waals surface area (Å²) < 4.78 is 1.68. The molecule has 0 radical (unpaired) electrons. The second-order valence-electron chi connectivity index (χ2n) is 6.22. The van der Waals surface area contributed by atoms with Crippen LogP contribution in [0, 0.1) is 0 Å². The average Bonchev–Trinajstić information content (AvgIpc) is 3.22. The fraction of sp³-hybridized carbons (Fsp3) is 0.529. The lowest BCUT2D eigenvalue weighted by Gasteiger charge is -2.29. The molecule has 3 heterocycles. The first-order valence-corrected chi connectivity index (χ1v) is 9.27. The number of thiophene rings is 1. The highest BCUT2D eigenvalue weighted by molar-refractivity contribution is 7.13. The van der Waals surface area contributed by atoms with Crippen LogP contribution in [0.15, 0.2) is 23.7 Å². The minimum Gasteiger partial charge on any atom is -0.393 e. The average molecular weight is 348 g/mol. The minimum atomic E-state index is -0.137. The minimum absolute atomic E-state index is 0.0689. The van der Waals surface area contributed by atoms with E-state index in [4.69, 9.17) is 0 Å². The standard InChI is InChI=1S/C17H24N4O2S/c1-20-12-14(16(19-20)15-4-2-11-24-15)17(23)18-7-3-8-21-9-5-13(22)6-10-21/h2,4,11-13,22H,3,5-10H2,1H3,(H,18,23). The van der Waals surface area contributed by atoms with E-state index in [-0.39, 0.29) is 12.0 Å². The summed E-state index contributed by atoms with van der Waals surface area (Å²) in [6.45, 7) is 3.50. The van der Waals surface area contributed by atoms with Gasteiger partial charge in [0.2, 0.25) is 0 Å². The van der Waals surface area contributed by atoms with Gasteiger partial charge in [0.25, 0.3) is 5.91 Å². The lowest BCUT2D eigenvalue weighted by molar-refractivity contribution is 0.0816. The zero-order chi connectivity index (χ0) is 16.9. The highest BCUT2D eigenvalue weighted by atomic mass is 32.1. The molecule has 2 aromatic rings. The third-order valence-corrected chi connectivity index (χ3v) is 5.20. The summed E-state index contributed by atoms with van der Waals surface area (Å²) in [7, 11) is 1.83. The highest BCUT2D eigenvalue weighted by Crippen LogP contribution is 2.26. The Hall–Kier alpha value is -1.70. The molecule has 1 aliphatic rings. The maximum atomic E-state index is 12.5. The Morgan fingerprint density at radius 1 is 1.46 bits per heavy atom. The van der Waals surface area contributed by atoms with Crippen molar-refractivity contribution in [2.75, 3.05) is 26.2 Å². The molecule has 1 fully saturated rings. The van der Waals surface area contributed by atoms with E-state index in [1.54, 1.807) is 22.2 Å². The van der Waals surface area contributed by atoms with Crippen molar-refractivity contribution < 1.29 is 9.90 Å². The molecule has 0 aromatic carbocycles. The number of nitrogens with zero attached hydrogens (tertiary/aromatic N) is 3. The maximum absolute atomic E-state index is 12.5. The zero-order valence-corrected chi connectivity index (χ0v) is 14.8. The largest absolute Gasteiger partial charge is 0.393 e. The summed E-state index contributed by atoms with van der Waals surface area (Å²) in [4.78, 5) is 15.8. The summed E-state index contributed by atoms with van der Waals surface area (Å²) in [6, 6.07) is 3.94. The molecule has 2 aromatic heterocycles. The molecule has 7 heteroatoms. The third kappa shape index (κ3) is 4.23. The van der Waals surface area contributed by atoms with Crippen LogP contribution in [0.3, 0.4) is 0 Å². The fourth-order valence-corrected chi connectivity index (χ4v) is 3.72. The van der Waals surface area contributed by atoms with Crippen molar-refractivity contribution >= 4 is 17.2 Å². The van der Waals surface area contributed by atoms with Crippen molar-refractivity contribution in [3.8, 4) is 10.6 Å². The number of aliphatic hydroxyl groups excluding tert-OH is 1. The van der Waals surface area contributed by atoms with Crippen LogP contribution >= 0.6 is 11.3 Å². The van der Waals surface area contributed by atoms with E-state index in [1.807, 2.05) is 24.6 Å². The van der Waals surface area contributed by atoms with Gasteiger partial charge in [-0.3, -0.25) is 9.48 Å². The van der Waals surface area contributed by atoms with Crippen molar-refractivity contribution in [3.05, 3.63) is 29.3 Å². The number of carbonyl (C=O) groups excluding carboxylic acids is 1. The molecule has 3 rings (SSSR count). The molecule has 6 nitrogen and oxygen atoms in total. The number of aryl methyl sites for hydroxylation is 1. The Kier molecular flexibility index (Phi) is 5.65. The van der Waals surface area contributed by atoms with Gasteiger partial charge < -0.3 is 15.3 Å². The molecule has 24 heavy (non-hydrogen) atoms. The molecule has 0 unspecified atom stereocenters. The van der Waals surface area contributed by atoms with E-state index >= 15 is 0 Å². The van der Waals surface area contributed by atoms with E-state index in [0.717, 1.165) is 49.5 Å². The maximum Gasteiger partial charge on any atom is 0.255 e. The van der Waals surface area contributed by atoms with Crippen LogP contribution in [-0.4, -0.2) is 58.0 Å². The van der Waals surface area contributed by atoms with Crippen LogP contribution in [0.2, 0.25) is 0 Å². The third-order valence-electron chi connectivity index (χ3n) is 4.32. The van der Waals surface area contributed by atoms with Crippen LogP contribution in [0.25, 0.3) is 10.6 Å². The topological polar surface area (TPSA) is 70.4 Å². The van der Waals surface area contributed by atoms with Gasteiger partial charge in [-0.25, -0.2) is 0 Å². The van der Waals surface area contributed by atoms with Gasteiger partial charge in [-0.1, -0.05) is 6.07 Å². The molecule has 0 bridgehead atoms. The van der Waals surface area contributed by atoms with Gasteiger partial charge in [0.15, 0.2) is 0 Å². The number of hydrogen-bond acceptors (Lipinski definition) is 5. The van der Waals surface area contributed by atoms with Crippen molar-refractivity contribution in [2.24, 2.45) is 7.05 Å². The summed E-state index contributed by atoms with van der Waals surface area (Å²) in [5.41, 5.74) is 1.37. The van der Waals surface area contributed by atoms with Gasteiger partial charge >= 0.3 is 0 Å². The highest BCUT2D eigenvalue weighted by Gasteiger charge is 2.18. The van der Waals surface area contributed by atoms with Crippen LogP contribution in [0.1, 0.15) is 29.6 Å². The molecule has 1 saturated heterocycles. The lowest BCUT2D eigenvalue weighted by Crippen LogP contribution is -2.37. The number of hydrogen-bond donors (Lipinski definition) is 2. The SMILES string of the molecule is Cn1cc(C(=O)NCCCN2CCC(O)CC2)c(-c2cccs2)n1. The van der Waals surface area contributed by atoms with Gasteiger partial charge in [0, 0.05) is 32.9 Å². The van der Waals surface area contributed by atoms with Crippen LogP contribution in [0.4, 0.5) is 0 Å². The normalized spacial score (nSPS) is 16.4. The van der Waals surface area contributed by atoms with Crippen molar-refractivity contribution in [3.63, 3.8) is 0 Å². The predicted molar refractivity (Wildman–Crippen MR) is 95.2 cm³/mol. The van der Waals surface area contributed by atoms with Crippen molar-refractivity contribution in [1.82, 2.24) is 20.0 Å². The number of rotatable bonds is 6. The van der Waals surface area contributed by atoms with Crippen LogP contribution in [0.5, 0.6) is 0 Å². The Balaban J connectivity index is 1.49. The summed E-state index contributed by atoms with van der Waals surface area (Å²) in [5.74, 6) is -0.0689. The van der Waals surface area contributed by atoms with Crippen molar-refractivity contribution in [2.45, 2.75) is 25.4 Å². The summed E-state index contributed by atoms with van der Waals surface area (Å²) >= 11 is 1.59. The van der Waals surface area contributed by atoms with Gasteiger partial charge in [-0.15, -0.1) is 11.3 Å². The molecule has 1 aliphatic heterocycles. The number of piperidine rings is 1. The first-order valence-electron chi connectivity index (χ1n) is 8.39. The van der Waals surface area contributed by atoms with E-state index in [2.05, 4.69) is 15.3 Å². The molecular formula is C17H24N4O2S. The summed E-state index contributed by atoms with van der Waals surface area (Å²) in [6.07, 6.45) is 4.26. The molecule has 0 aliphatic carbocycles. The summed E-state index contributed by atoms with van der Waals surface area (Å²) in [5, 5.41) is 18.9. The molecule has 0 saturated carbocycles. The number of carbonyl (C=O) groups is 1. The number of nitrogens with one attached hydrogen (secondary N) is 1. The lowest BCUT2D eigenvalue weighted by atomic mass is 10.1. The Morgan fingerprint density at radius 2 is 2.25 bits per heavy atom. The first kappa shape index (κ1) is 17.1. The monoisotopic (exact) mass is 348 g/mol. The second kappa shape index (κ2) is 7.92. The van der Waals surface area contributed by atoms with Gasteiger partial charge in [0.1, 0.15) is 5.69 Å². The van der Waals surface area contributed by atoms with E-state index < -0.39 is 0 Å². The predicted octanol–water partition coefficient (Wildman–Crippen LogP) is 1.73. The van der Waals surface area contributed by atoms with Gasteiger partial charge in [0.05, 0.1) is 16.5 Å². The van der Waals surface area contributed by atoms with E-state index in [9.17, 15) is 9.90 Å². The molecule has 0 atom stereocenters. The van der Waals surface area contributed by atoms with Gasteiger partial charge in [-0.05, 0) is 37.3 Å². The fourth-order valence-electron chi connectivity index (χ4n) is 2.99. The molecule has 0 spiro atoms. The zero-order valence-electron chi connectivity index (χ0n) is 13.9. The quantitative estimate of drug-likeness (QED) is 0.780. The Labute approximate surface area is 146 Å². The van der Waals surface area contributed by atoms with E-state index in [1.165, 1.54) is 0 Å². The molecule has 130 valence electrons. The Bertz CT molecular complexity index is 660. The number of aliphatic hydroxyl groups is 1. The van der Waals surface area contributed by atoms with E-state index in [0.29, 0.717) is 12.1 Å². The number of amides is 1. The van der Waals surface area contributed by atoms with Crippen molar-refractivity contribution in [1.29, 1.82) is 0 Å². The van der Waals surface area contributed by atoms with Crippen LogP contribution < -0.4 is 5.32 Å². The number of aromatic nitrogens is 2. The second-order valence-corrected chi connectivity index (χ2v) is 7.17. The first-order chi connectivity index (χ1) is 11.6. The molecule has 1 amide bonds. The molecular weight excluding hydrogens is 324 g/mol. The smallest absolute Gasteiger partial charge is 0.255 e. The van der Waals surface area contributed by atoms with Gasteiger partial charge in [-0.2, -0.15) is 5.10 Å². The van der Waals surface area contributed by atoms with Crippen LogP contribution in [-0.2, 0) is 7.05 Å². The number of likely N-dealkylation sites (tertiary alicyclic amines) is 1.